The maximum atomic E-state index is 3.28. The molecule has 0 heterocycles. The van der Waals surface area contributed by atoms with Crippen LogP contribution in [0.15, 0.2) is 0 Å². The second kappa shape index (κ2) is 17.7. The Morgan fingerprint density at radius 3 is 1.58 bits per heavy atom. The van der Waals surface area contributed by atoms with Crippen LogP contribution < -0.4 is 5.32 Å². The van der Waals surface area contributed by atoms with Gasteiger partial charge in [-0.15, -0.1) is 0 Å². The zero-order valence-electron chi connectivity index (χ0n) is 9.03. The van der Waals surface area contributed by atoms with Gasteiger partial charge in [-0.25, -0.2) is 0 Å². The summed E-state index contributed by atoms with van der Waals surface area (Å²) >= 11 is 1.45. The molecule has 1 N–H and O–H groups in total. The van der Waals surface area contributed by atoms with Crippen molar-refractivity contribution in [1.82, 2.24) is 5.32 Å². The molecule has 0 spiro atoms. The van der Waals surface area contributed by atoms with E-state index >= 15 is 0 Å². The van der Waals surface area contributed by atoms with Crippen LogP contribution in [0.25, 0.3) is 0 Å². The summed E-state index contributed by atoms with van der Waals surface area (Å²) < 4.78 is 1.47. The van der Waals surface area contributed by atoms with Crippen LogP contribution in [0.2, 0.25) is 4.44 Å². The van der Waals surface area contributed by atoms with Crippen molar-refractivity contribution in [3.05, 3.63) is 0 Å². The fourth-order valence-electron chi connectivity index (χ4n) is 0.683. The predicted octanol–water partition coefficient (Wildman–Crippen LogP) is 2.50. The second-order valence-corrected chi connectivity index (χ2v) is 4.54. The van der Waals surface area contributed by atoms with E-state index in [1.165, 1.54) is 65.7 Å². The Kier molecular flexibility index (Phi) is 22.5. The molecule has 0 amide bonds. The molecule has 2 radical (unpaired) electrons. The molecule has 0 aromatic carbocycles. The molecule has 74 valence electrons. The third-order valence-electron chi connectivity index (χ3n) is 1.41. The SMILES string of the molecule is CCCNCCC.CCC[CH2][SnH]. The molecular weight excluding hydrogens is 253 g/mol. The normalized spacial score (nSPS) is 9.00. The molecule has 12 heavy (non-hydrogen) atoms. The van der Waals surface area contributed by atoms with Gasteiger partial charge in [-0.1, -0.05) is 13.8 Å². The fourth-order valence-corrected chi connectivity index (χ4v) is 1.85. The van der Waals surface area contributed by atoms with Crippen molar-refractivity contribution in [3.8, 4) is 0 Å². The molecule has 0 rings (SSSR count). The molecule has 0 bridgehead atoms. The van der Waals surface area contributed by atoms with Gasteiger partial charge < -0.3 is 5.32 Å². The molecule has 2 heteroatoms. The zero-order chi connectivity index (χ0) is 9.66. The van der Waals surface area contributed by atoms with Gasteiger partial charge in [0, 0.05) is 0 Å². The van der Waals surface area contributed by atoms with Crippen LogP contribution in [-0.2, 0) is 0 Å². The van der Waals surface area contributed by atoms with Gasteiger partial charge in [0.15, 0.2) is 0 Å². The summed E-state index contributed by atoms with van der Waals surface area (Å²) in [5.41, 5.74) is 0. The summed E-state index contributed by atoms with van der Waals surface area (Å²) in [6.45, 7) is 8.95. The third-order valence-corrected chi connectivity index (χ3v) is 2.58. The molecule has 0 aliphatic rings. The Bertz CT molecular complexity index is 51.8. The fraction of sp³-hybridized carbons (Fsp3) is 1.00. The minimum absolute atomic E-state index is 1.17. The van der Waals surface area contributed by atoms with Crippen molar-refractivity contribution in [3.63, 3.8) is 0 Å². The van der Waals surface area contributed by atoms with Gasteiger partial charge in [-0.05, 0) is 25.9 Å². The van der Waals surface area contributed by atoms with E-state index in [1.807, 2.05) is 0 Å². The first-order valence-electron chi connectivity index (χ1n) is 5.24. The van der Waals surface area contributed by atoms with E-state index in [9.17, 15) is 0 Å². The van der Waals surface area contributed by atoms with Gasteiger partial charge in [-0.3, -0.25) is 0 Å². The standard InChI is InChI=1S/C6H15N.C4H9.Sn.H/c1-3-5-7-6-4-2;1-3-4-2;;/h7H,3-6H2,1-2H3;1,3-4H2,2H3;;. The van der Waals surface area contributed by atoms with Crippen LogP contribution in [0, 0.1) is 0 Å². The van der Waals surface area contributed by atoms with Crippen molar-refractivity contribution in [2.24, 2.45) is 0 Å². The van der Waals surface area contributed by atoms with Gasteiger partial charge >= 0.3 is 46.7 Å². The molecule has 0 saturated carbocycles. The van der Waals surface area contributed by atoms with Crippen LogP contribution in [0.1, 0.15) is 46.5 Å². The summed E-state index contributed by atoms with van der Waals surface area (Å²) in [7, 11) is 0. The van der Waals surface area contributed by atoms with Crippen LogP contribution in [0.3, 0.4) is 0 Å². The van der Waals surface area contributed by atoms with E-state index in [1.54, 1.807) is 0 Å². The molecule has 0 aliphatic heterocycles. The Labute approximate surface area is 91.8 Å². The summed E-state index contributed by atoms with van der Waals surface area (Å²) in [5, 5.41) is 3.28. The van der Waals surface area contributed by atoms with Crippen LogP contribution in [-0.4, -0.2) is 35.6 Å². The third kappa shape index (κ3) is 22.4. The molecule has 0 atom stereocenters. The molecule has 0 aliphatic carbocycles. The topological polar surface area (TPSA) is 12.0 Å². The van der Waals surface area contributed by atoms with Crippen molar-refractivity contribution >= 4 is 22.5 Å². The number of hydrogen-bond acceptors (Lipinski definition) is 1. The zero-order valence-corrected chi connectivity index (χ0v) is 12.3. The molecule has 0 unspecified atom stereocenters. The first-order valence-corrected chi connectivity index (χ1v) is 7.57. The monoisotopic (exact) mass is 279 g/mol. The summed E-state index contributed by atoms with van der Waals surface area (Å²) in [6.07, 6.45) is 5.32. The quantitative estimate of drug-likeness (QED) is 0.581. The van der Waals surface area contributed by atoms with E-state index in [-0.39, 0.29) is 0 Å². The molecule has 0 saturated heterocycles. The van der Waals surface area contributed by atoms with Gasteiger partial charge in [0.05, 0.1) is 0 Å². The van der Waals surface area contributed by atoms with Crippen LogP contribution in [0.5, 0.6) is 0 Å². The Morgan fingerprint density at radius 1 is 0.917 bits per heavy atom. The maximum absolute atomic E-state index is 3.28. The summed E-state index contributed by atoms with van der Waals surface area (Å²) in [5.74, 6) is 0. The summed E-state index contributed by atoms with van der Waals surface area (Å²) in [6, 6.07) is 0. The first kappa shape index (κ1) is 15.2. The average molecular weight is 278 g/mol. The van der Waals surface area contributed by atoms with Crippen molar-refractivity contribution in [1.29, 1.82) is 0 Å². The van der Waals surface area contributed by atoms with E-state index in [2.05, 4.69) is 26.1 Å². The van der Waals surface area contributed by atoms with Gasteiger partial charge in [0.2, 0.25) is 0 Å². The first-order chi connectivity index (χ1) is 5.83. The van der Waals surface area contributed by atoms with E-state index < -0.39 is 0 Å². The molecule has 0 aromatic heterocycles. The van der Waals surface area contributed by atoms with E-state index in [0.717, 1.165) is 0 Å². The Morgan fingerprint density at radius 2 is 1.42 bits per heavy atom. The number of nitrogens with one attached hydrogen (secondary N) is 1. The van der Waals surface area contributed by atoms with Gasteiger partial charge in [0.1, 0.15) is 0 Å². The van der Waals surface area contributed by atoms with Crippen molar-refractivity contribution < 1.29 is 0 Å². The molecular formula is C10H25NSn. The predicted molar refractivity (Wildman–Crippen MR) is 60.3 cm³/mol. The van der Waals surface area contributed by atoms with Crippen molar-refractivity contribution in [2.45, 2.75) is 50.9 Å². The number of hydrogen-bond donors (Lipinski definition) is 1. The average Bonchev–Trinajstić information content (AvgIpc) is 2.08. The van der Waals surface area contributed by atoms with E-state index in [0.29, 0.717) is 0 Å². The van der Waals surface area contributed by atoms with Crippen LogP contribution >= 0.6 is 0 Å². The molecule has 1 nitrogen and oxygen atoms in total. The molecule has 0 aromatic rings. The van der Waals surface area contributed by atoms with Gasteiger partial charge in [0.25, 0.3) is 0 Å². The Hall–Kier alpha value is 0.759. The number of rotatable bonds is 6. The van der Waals surface area contributed by atoms with Gasteiger partial charge in [-0.2, -0.15) is 0 Å². The summed E-state index contributed by atoms with van der Waals surface area (Å²) in [4.78, 5) is 0. The number of unbranched alkanes of at least 4 members (excludes halogenated alkanes) is 1. The second-order valence-electron chi connectivity index (χ2n) is 2.89. The van der Waals surface area contributed by atoms with Crippen molar-refractivity contribution in [2.75, 3.05) is 13.1 Å². The van der Waals surface area contributed by atoms with E-state index in [4.69, 9.17) is 0 Å². The Balaban J connectivity index is 0. The molecule has 0 fully saturated rings. The minimum atomic E-state index is 1.17. The van der Waals surface area contributed by atoms with Crippen LogP contribution in [0.4, 0.5) is 0 Å².